The van der Waals surface area contributed by atoms with E-state index in [1.165, 1.54) is 52.0 Å². The summed E-state index contributed by atoms with van der Waals surface area (Å²) in [5.74, 6) is -10.6. The molecule has 0 bridgehead atoms. The molecule has 2 unspecified atom stereocenters. The summed E-state index contributed by atoms with van der Waals surface area (Å²) in [6, 6.07) is 12.8. The second kappa shape index (κ2) is 17.5. The van der Waals surface area contributed by atoms with Crippen molar-refractivity contribution in [1.82, 2.24) is 19.8 Å². The van der Waals surface area contributed by atoms with Crippen LogP contribution in [-0.4, -0.2) is 67.5 Å². The summed E-state index contributed by atoms with van der Waals surface area (Å²) in [6.07, 6.45) is -1.21. The Labute approximate surface area is 344 Å². The van der Waals surface area contributed by atoms with Crippen LogP contribution >= 0.6 is 0 Å². The van der Waals surface area contributed by atoms with Crippen LogP contribution in [0.25, 0.3) is 21.8 Å². The molecule has 0 aliphatic heterocycles. The monoisotopic (exact) mass is 842 g/mol. The van der Waals surface area contributed by atoms with E-state index in [4.69, 9.17) is 4.74 Å². The molecule has 17 heteroatoms. The highest BCUT2D eigenvalue weighted by Gasteiger charge is 2.27. The van der Waals surface area contributed by atoms with Crippen molar-refractivity contribution in [3.05, 3.63) is 130 Å². The first-order valence-electron chi connectivity index (χ1n) is 18.8. The Morgan fingerprint density at radius 2 is 1.13 bits per heavy atom. The Kier molecular flexibility index (Phi) is 12.4. The van der Waals surface area contributed by atoms with Crippen molar-refractivity contribution in [2.24, 2.45) is 5.92 Å². The predicted molar refractivity (Wildman–Crippen MR) is 212 cm³/mol. The number of nitrogens with one attached hydrogen (secondary N) is 2. The zero-order valence-corrected chi connectivity index (χ0v) is 33.1. The van der Waals surface area contributed by atoms with Crippen molar-refractivity contribution < 1.29 is 61.3 Å². The van der Waals surface area contributed by atoms with Crippen LogP contribution < -0.4 is 10.6 Å². The van der Waals surface area contributed by atoms with Gasteiger partial charge in [0.25, 0.3) is 11.8 Å². The summed E-state index contributed by atoms with van der Waals surface area (Å²) in [4.78, 5) is 78.6. The molecule has 6 aromatic rings. The van der Waals surface area contributed by atoms with Crippen LogP contribution in [0.4, 0.5) is 17.6 Å². The van der Waals surface area contributed by atoms with E-state index < -0.39 is 88.7 Å². The van der Waals surface area contributed by atoms with E-state index in [1.807, 2.05) is 0 Å². The summed E-state index contributed by atoms with van der Waals surface area (Å²) in [5, 5.41) is 25.7. The highest BCUT2D eigenvalue weighted by Crippen LogP contribution is 2.34. The number of nitrogens with zero attached hydrogens (tertiary/aromatic N) is 2. The molecule has 6 rings (SSSR count). The number of phenols is 2. The van der Waals surface area contributed by atoms with E-state index in [-0.39, 0.29) is 74.8 Å². The van der Waals surface area contributed by atoms with Gasteiger partial charge in [-0.05, 0) is 80.4 Å². The topological polar surface area (TPSA) is 186 Å². The molecule has 13 nitrogen and oxygen atoms in total. The number of esters is 2. The van der Waals surface area contributed by atoms with Gasteiger partial charge in [-0.1, -0.05) is 19.1 Å². The van der Waals surface area contributed by atoms with Crippen LogP contribution in [-0.2, 0) is 36.8 Å². The second-order valence-corrected chi connectivity index (χ2v) is 14.6. The van der Waals surface area contributed by atoms with Crippen LogP contribution in [0.3, 0.4) is 0 Å². The van der Waals surface area contributed by atoms with Gasteiger partial charge in [-0.15, -0.1) is 0 Å². The quantitative estimate of drug-likeness (QED) is 0.0646. The summed E-state index contributed by atoms with van der Waals surface area (Å²) in [6.45, 7) is 5.56. The number of carbonyl (C=O) groups excluding carboxylic acids is 6. The Bertz CT molecular complexity index is 2790. The van der Waals surface area contributed by atoms with Crippen LogP contribution in [0, 0.1) is 43.0 Å². The number of benzene rings is 4. The minimum absolute atomic E-state index is 0.0270. The average molecular weight is 843 g/mol. The summed E-state index contributed by atoms with van der Waals surface area (Å²) < 4.78 is 64.0. The van der Waals surface area contributed by atoms with E-state index in [0.717, 1.165) is 57.7 Å². The molecule has 316 valence electrons. The van der Waals surface area contributed by atoms with Crippen molar-refractivity contribution >= 4 is 57.4 Å². The molecule has 2 amide bonds. The zero-order chi connectivity index (χ0) is 44.4. The van der Waals surface area contributed by atoms with E-state index >= 15 is 0 Å². The van der Waals surface area contributed by atoms with Crippen LogP contribution in [0.2, 0.25) is 0 Å². The Morgan fingerprint density at radius 1 is 0.672 bits per heavy atom. The maximum atomic E-state index is 14.5. The molecule has 2 heterocycles. The molecule has 2 atom stereocenters. The summed E-state index contributed by atoms with van der Waals surface area (Å²) in [5.41, 5.74) is 0.901. The van der Waals surface area contributed by atoms with Gasteiger partial charge in [-0.2, -0.15) is 0 Å². The van der Waals surface area contributed by atoms with Gasteiger partial charge in [-0.25, -0.2) is 17.6 Å². The number of fused-ring (bicyclic) bond motifs is 2. The third-order valence-electron chi connectivity index (χ3n) is 10.1. The van der Waals surface area contributed by atoms with Crippen LogP contribution in [0.5, 0.6) is 11.5 Å². The molecule has 0 spiro atoms. The third-order valence-corrected chi connectivity index (χ3v) is 10.1. The fourth-order valence-corrected chi connectivity index (χ4v) is 7.06. The van der Waals surface area contributed by atoms with E-state index in [1.54, 1.807) is 0 Å². The molecular weight excluding hydrogens is 804 g/mol. The first-order valence-corrected chi connectivity index (χ1v) is 18.8. The van der Waals surface area contributed by atoms with Crippen LogP contribution in [0.15, 0.2) is 72.8 Å². The van der Waals surface area contributed by atoms with Gasteiger partial charge in [0.05, 0.1) is 36.2 Å². The third kappa shape index (κ3) is 9.15. The summed E-state index contributed by atoms with van der Waals surface area (Å²) >= 11 is 0. The first kappa shape index (κ1) is 43.3. The molecule has 0 fully saturated rings. The molecule has 0 saturated heterocycles. The van der Waals surface area contributed by atoms with Gasteiger partial charge >= 0.3 is 11.9 Å². The number of aromatic hydroxyl groups is 2. The van der Waals surface area contributed by atoms with Gasteiger partial charge in [0.15, 0.2) is 23.1 Å². The average Bonchev–Trinajstić information content (AvgIpc) is 3.60. The number of phenolic OH excluding ortho intramolecular Hbond substituents is 2. The van der Waals surface area contributed by atoms with Crippen molar-refractivity contribution in [3.8, 4) is 11.5 Å². The number of hydrogen-bond acceptors (Lipinski definition) is 9. The summed E-state index contributed by atoms with van der Waals surface area (Å²) in [7, 11) is 0. The zero-order valence-electron chi connectivity index (χ0n) is 33.1. The Morgan fingerprint density at radius 3 is 1.59 bits per heavy atom. The maximum Gasteiger partial charge on any atom is 0.318 e. The largest absolute Gasteiger partial charge is 0.505 e. The van der Waals surface area contributed by atoms with Gasteiger partial charge < -0.3 is 25.6 Å². The molecule has 2 aromatic heterocycles. The van der Waals surface area contributed by atoms with Gasteiger partial charge in [0, 0.05) is 58.0 Å². The number of ether oxygens (including phenoxy) is 1. The number of amides is 2. The number of hydrogen-bond donors (Lipinski definition) is 4. The minimum Gasteiger partial charge on any atom is -0.505 e. The second-order valence-electron chi connectivity index (χ2n) is 14.6. The lowest BCUT2D eigenvalue weighted by molar-refractivity contribution is -0.162. The van der Waals surface area contributed by atoms with Gasteiger partial charge in [-0.3, -0.25) is 37.9 Å². The SMILES string of the molecule is Cc1c(CC(=O)NCC(C)C(=O)OC(=O)CC(C)NC(=O)Cc2c(C)n(C(=O)c3cccc(F)c3)c3cc(F)c(O)cc23)c2cc(O)c(F)cc2n1C(=O)c1cccc(F)c1. The van der Waals surface area contributed by atoms with Gasteiger partial charge in [0.1, 0.15) is 11.6 Å². The predicted octanol–water partition coefficient (Wildman–Crippen LogP) is 6.06. The van der Waals surface area contributed by atoms with Crippen molar-refractivity contribution in [3.63, 3.8) is 0 Å². The number of rotatable bonds is 12. The molecule has 61 heavy (non-hydrogen) atoms. The molecule has 0 aliphatic rings. The number of carbonyl (C=O) groups is 6. The van der Waals surface area contributed by atoms with Crippen LogP contribution in [0.1, 0.15) is 63.5 Å². The van der Waals surface area contributed by atoms with Crippen molar-refractivity contribution in [2.45, 2.75) is 53.0 Å². The lowest BCUT2D eigenvalue weighted by Crippen LogP contribution is -2.37. The standard InChI is InChI=1S/C44H38F4N4O9/c1-21(20-49-39(55)16-29-23(3)51(35-18-33(47)37(53)14-31(29)35)42(58)25-7-5-9-27(45)12-25)44(60)61-41(57)11-22(2)50-40(56)17-30-24(4)52(36-19-34(48)38(54)15-32(30)36)43(59)26-8-6-10-28(46)13-26/h5-10,12-15,18-19,21-22,53-54H,11,16-17,20H2,1-4H3,(H,49,55)(H,50,56). The lowest BCUT2D eigenvalue weighted by Gasteiger charge is -2.15. The molecule has 0 aliphatic carbocycles. The molecule has 4 N–H and O–H groups in total. The Hall–Kier alpha value is -7.30. The smallest absolute Gasteiger partial charge is 0.318 e. The fraction of sp³-hybridized carbons (Fsp3) is 0.227. The van der Waals surface area contributed by atoms with E-state index in [0.29, 0.717) is 0 Å². The lowest BCUT2D eigenvalue weighted by atomic mass is 10.1. The Balaban J connectivity index is 1.05. The normalized spacial score (nSPS) is 12.3. The van der Waals surface area contributed by atoms with Crippen molar-refractivity contribution in [2.75, 3.05) is 6.54 Å². The molecule has 4 aromatic carbocycles. The number of halogens is 4. The molecule has 0 radical (unpaired) electrons. The van der Waals surface area contributed by atoms with E-state index in [9.17, 15) is 56.5 Å². The number of aromatic nitrogens is 2. The first-order chi connectivity index (χ1) is 28.8. The maximum absolute atomic E-state index is 14.5. The van der Waals surface area contributed by atoms with Crippen molar-refractivity contribution in [1.29, 1.82) is 0 Å². The minimum atomic E-state index is -1.04. The highest BCUT2D eigenvalue weighted by molar-refractivity contribution is 6.06. The molecule has 0 saturated carbocycles. The highest BCUT2D eigenvalue weighted by atomic mass is 19.1. The van der Waals surface area contributed by atoms with E-state index in [2.05, 4.69) is 10.6 Å². The van der Waals surface area contributed by atoms with Gasteiger partial charge in [0.2, 0.25) is 11.8 Å². The fourth-order valence-electron chi connectivity index (χ4n) is 7.06. The molecular formula is C44H38F4N4O9.